The number of pyridine rings is 1. The molecule has 27 heavy (non-hydrogen) atoms. The molecule has 9 heteroatoms. The quantitative estimate of drug-likeness (QED) is 0.714. The molecule has 0 aliphatic carbocycles. The predicted octanol–water partition coefficient (Wildman–Crippen LogP) is 3.04. The minimum absolute atomic E-state index is 0.0690. The molecule has 2 N–H and O–H groups in total. The number of hydrogen-bond acceptors (Lipinski definition) is 6. The second-order valence-corrected chi connectivity index (χ2v) is 7.59. The lowest BCUT2D eigenvalue weighted by Crippen LogP contribution is -2.28. The zero-order valence-corrected chi connectivity index (χ0v) is 15.4. The number of carboxylic acids is 1. The number of rotatable bonds is 4. The molecule has 4 rings (SSSR count). The Hall–Kier alpha value is -2.78. The number of nitrogens with one attached hydrogen (secondary N) is 1. The Morgan fingerprint density at radius 3 is 2.93 bits per heavy atom. The molecular formula is C18H18N4O4S. The number of carboxylic acid groups (broad SMARTS) is 1. The van der Waals surface area contributed by atoms with Crippen LogP contribution in [0.15, 0.2) is 30.6 Å². The normalized spacial score (nSPS) is 19.9. The van der Waals surface area contributed by atoms with E-state index in [2.05, 4.69) is 22.3 Å². The van der Waals surface area contributed by atoms with E-state index in [9.17, 15) is 9.59 Å². The van der Waals surface area contributed by atoms with Crippen LogP contribution in [0.25, 0.3) is 10.2 Å². The Labute approximate surface area is 158 Å². The summed E-state index contributed by atoms with van der Waals surface area (Å²) in [5.41, 5.74) is 0.377. The van der Waals surface area contributed by atoms with E-state index in [0.29, 0.717) is 29.7 Å². The number of thiophene rings is 1. The number of fused-ring (bicyclic) bond motifs is 1. The number of nitrogens with zero attached hydrogens (tertiary/aromatic N) is 3. The van der Waals surface area contributed by atoms with Gasteiger partial charge >= 0.3 is 5.97 Å². The largest absolute Gasteiger partial charge is 0.477 e. The molecule has 0 saturated carbocycles. The summed E-state index contributed by atoms with van der Waals surface area (Å²) in [6.07, 6.45) is 4.02. The van der Waals surface area contributed by atoms with Crippen LogP contribution < -0.4 is 5.32 Å². The highest BCUT2D eigenvalue weighted by atomic mass is 32.1. The number of carbonyl (C=O) groups is 2. The first-order valence-electron chi connectivity index (χ1n) is 8.58. The van der Waals surface area contributed by atoms with Gasteiger partial charge in [-0.05, 0) is 24.6 Å². The van der Waals surface area contributed by atoms with Crippen LogP contribution in [0.2, 0.25) is 0 Å². The second-order valence-electron chi connectivity index (χ2n) is 6.56. The van der Waals surface area contributed by atoms with E-state index in [1.807, 2.05) is 10.7 Å². The van der Waals surface area contributed by atoms with Crippen LogP contribution in [0.5, 0.6) is 0 Å². The van der Waals surface area contributed by atoms with Crippen molar-refractivity contribution < 1.29 is 19.4 Å². The van der Waals surface area contributed by atoms with E-state index in [-0.39, 0.29) is 17.6 Å². The molecule has 4 heterocycles. The van der Waals surface area contributed by atoms with Crippen molar-refractivity contribution in [2.45, 2.75) is 19.4 Å². The lowest BCUT2D eigenvalue weighted by molar-refractivity contribution is 0.0265. The van der Waals surface area contributed by atoms with E-state index >= 15 is 0 Å². The zero-order chi connectivity index (χ0) is 19.0. The molecule has 0 aromatic carbocycles. The van der Waals surface area contributed by atoms with Crippen molar-refractivity contribution >= 4 is 39.1 Å². The molecule has 1 saturated heterocycles. The molecule has 140 valence electrons. The summed E-state index contributed by atoms with van der Waals surface area (Å²) in [7, 11) is 0. The van der Waals surface area contributed by atoms with Crippen LogP contribution in [-0.4, -0.2) is 45.0 Å². The van der Waals surface area contributed by atoms with Gasteiger partial charge in [0.25, 0.3) is 5.91 Å². The lowest BCUT2D eigenvalue weighted by atomic mass is 9.98. The van der Waals surface area contributed by atoms with E-state index in [4.69, 9.17) is 9.84 Å². The average Bonchev–Trinajstić information content (AvgIpc) is 3.23. The van der Waals surface area contributed by atoms with Crippen molar-refractivity contribution in [3.05, 3.63) is 41.2 Å². The topological polar surface area (TPSA) is 106 Å². The first kappa shape index (κ1) is 17.6. The number of ether oxygens (including phenoxy) is 1. The zero-order valence-electron chi connectivity index (χ0n) is 14.6. The number of hydrogen-bond donors (Lipinski definition) is 2. The summed E-state index contributed by atoms with van der Waals surface area (Å²) in [5.74, 6) is -1.00. The predicted molar refractivity (Wildman–Crippen MR) is 100 cm³/mol. The Bertz CT molecular complexity index is 995. The summed E-state index contributed by atoms with van der Waals surface area (Å²) < 4.78 is 7.52. The van der Waals surface area contributed by atoms with Crippen molar-refractivity contribution in [1.29, 1.82) is 0 Å². The number of carbonyl (C=O) groups excluding carboxylic acids is 1. The smallest absolute Gasteiger partial charge is 0.354 e. The monoisotopic (exact) mass is 386 g/mol. The molecular weight excluding hydrogens is 368 g/mol. The van der Waals surface area contributed by atoms with Crippen LogP contribution in [0, 0.1) is 5.92 Å². The Morgan fingerprint density at radius 2 is 2.22 bits per heavy atom. The highest BCUT2D eigenvalue weighted by Gasteiger charge is 2.26. The molecule has 2 atom stereocenters. The average molecular weight is 386 g/mol. The third-order valence-electron chi connectivity index (χ3n) is 4.64. The van der Waals surface area contributed by atoms with E-state index in [0.717, 1.165) is 16.6 Å². The molecule has 0 spiro atoms. The molecule has 1 fully saturated rings. The van der Waals surface area contributed by atoms with Gasteiger partial charge in [0.15, 0.2) is 0 Å². The van der Waals surface area contributed by atoms with Gasteiger partial charge in [0.2, 0.25) is 0 Å². The van der Waals surface area contributed by atoms with E-state index in [1.165, 1.54) is 29.7 Å². The van der Waals surface area contributed by atoms with Crippen LogP contribution in [-0.2, 0) is 4.74 Å². The highest BCUT2D eigenvalue weighted by molar-refractivity contribution is 7.20. The molecule has 0 bridgehead atoms. The maximum Gasteiger partial charge on any atom is 0.354 e. The van der Waals surface area contributed by atoms with E-state index in [1.54, 1.807) is 6.20 Å². The maximum absolute atomic E-state index is 12.6. The third kappa shape index (κ3) is 3.43. The fourth-order valence-corrected chi connectivity index (χ4v) is 4.25. The molecule has 8 nitrogen and oxygen atoms in total. The minimum atomic E-state index is -1.11. The van der Waals surface area contributed by atoms with Crippen molar-refractivity contribution in [3.63, 3.8) is 0 Å². The molecule has 0 radical (unpaired) electrons. The molecule has 3 aromatic heterocycles. The molecule has 1 aliphatic heterocycles. The minimum Gasteiger partial charge on any atom is -0.477 e. The van der Waals surface area contributed by atoms with Gasteiger partial charge in [0.05, 0.1) is 35.6 Å². The van der Waals surface area contributed by atoms with Crippen molar-refractivity contribution in [3.8, 4) is 0 Å². The molecule has 3 aromatic rings. The van der Waals surface area contributed by atoms with Gasteiger partial charge in [-0.2, -0.15) is 5.10 Å². The van der Waals surface area contributed by atoms with Gasteiger partial charge in [0, 0.05) is 17.9 Å². The fraction of sp³-hybridized carbons (Fsp3) is 0.333. The van der Waals surface area contributed by atoms with E-state index < -0.39 is 5.97 Å². The number of aromatic carboxylic acids is 1. The Morgan fingerprint density at radius 1 is 1.37 bits per heavy atom. The first-order valence-corrected chi connectivity index (χ1v) is 9.40. The fourth-order valence-electron chi connectivity index (χ4n) is 3.21. The van der Waals surface area contributed by atoms with Gasteiger partial charge in [0.1, 0.15) is 10.5 Å². The summed E-state index contributed by atoms with van der Waals surface area (Å²) in [5, 5.41) is 17.1. The molecule has 1 aliphatic rings. The summed E-state index contributed by atoms with van der Waals surface area (Å²) in [4.78, 5) is 28.7. The van der Waals surface area contributed by atoms with Crippen molar-refractivity contribution in [1.82, 2.24) is 14.8 Å². The standard InChI is InChI=1S/C18H18N4O4S/c1-10-9-26-5-4-14(10)22-17-11(7-20-22)6-15(27-17)16(23)21-12-2-3-13(18(24)25)19-8-12/h2-3,6-8,10,14H,4-5,9H2,1H3,(H,21,23)(H,24,25). The van der Waals surface area contributed by atoms with Crippen LogP contribution in [0.3, 0.4) is 0 Å². The van der Waals surface area contributed by atoms with Crippen LogP contribution in [0.1, 0.15) is 39.5 Å². The summed E-state index contributed by atoms with van der Waals surface area (Å²) >= 11 is 1.39. The van der Waals surface area contributed by atoms with Gasteiger partial charge in [-0.25, -0.2) is 9.78 Å². The Kier molecular flexibility index (Phi) is 4.63. The number of aromatic nitrogens is 3. The summed E-state index contributed by atoms with van der Waals surface area (Å²) in [6.45, 7) is 3.57. The number of anilines is 1. The molecule has 1 amide bonds. The molecule has 2 unspecified atom stereocenters. The van der Waals surface area contributed by atoms with Gasteiger partial charge in [-0.1, -0.05) is 6.92 Å². The van der Waals surface area contributed by atoms with Crippen molar-refractivity contribution in [2.75, 3.05) is 18.5 Å². The van der Waals surface area contributed by atoms with Gasteiger partial charge < -0.3 is 15.2 Å². The number of amides is 1. The lowest BCUT2D eigenvalue weighted by Gasteiger charge is -2.29. The van der Waals surface area contributed by atoms with Crippen molar-refractivity contribution in [2.24, 2.45) is 5.92 Å². The summed E-state index contributed by atoms with van der Waals surface area (Å²) in [6, 6.07) is 4.96. The highest BCUT2D eigenvalue weighted by Crippen LogP contribution is 2.33. The second kappa shape index (κ2) is 7.09. The van der Waals surface area contributed by atoms with Crippen LogP contribution in [0.4, 0.5) is 5.69 Å². The maximum atomic E-state index is 12.6. The van der Waals surface area contributed by atoms with Gasteiger partial charge in [-0.3, -0.25) is 9.48 Å². The van der Waals surface area contributed by atoms with Gasteiger partial charge in [-0.15, -0.1) is 11.3 Å². The first-order chi connectivity index (χ1) is 13.0. The SMILES string of the molecule is CC1COCCC1n1ncc2cc(C(=O)Nc3ccc(C(=O)O)nc3)sc21. The van der Waals surface area contributed by atoms with Crippen LogP contribution >= 0.6 is 11.3 Å². The Balaban J connectivity index is 1.55. The third-order valence-corrected chi connectivity index (χ3v) is 5.78.